The van der Waals surface area contributed by atoms with Gasteiger partial charge in [0.2, 0.25) is 0 Å². The van der Waals surface area contributed by atoms with E-state index in [0.717, 1.165) is 38.8 Å². The topological polar surface area (TPSA) is 38.1 Å². The molecule has 1 amide bonds. The van der Waals surface area contributed by atoms with Crippen molar-refractivity contribution in [2.24, 2.45) is 7.05 Å². The lowest BCUT2D eigenvalue weighted by Gasteiger charge is -2.16. The van der Waals surface area contributed by atoms with Gasteiger partial charge in [0.25, 0.3) is 5.91 Å². The van der Waals surface area contributed by atoms with Crippen LogP contribution in [0.4, 0.5) is 5.69 Å². The number of fused-ring (bicyclic) bond motifs is 2. The molecule has 126 valence electrons. The van der Waals surface area contributed by atoms with Crippen molar-refractivity contribution in [1.29, 1.82) is 0 Å². The molecule has 3 heterocycles. The van der Waals surface area contributed by atoms with E-state index in [1.54, 1.807) is 6.20 Å². The van der Waals surface area contributed by atoms with Gasteiger partial charge in [-0.15, -0.1) is 0 Å². The number of aryl methyl sites for hydroxylation is 1. The van der Waals surface area contributed by atoms with Crippen molar-refractivity contribution in [3.63, 3.8) is 0 Å². The molecule has 0 bridgehead atoms. The summed E-state index contributed by atoms with van der Waals surface area (Å²) in [7, 11) is 2.03. The van der Waals surface area contributed by atoms with Crippen molar-refractivity contribution in [3.8, 4) is 11.1 Å². The second-order valence-electron chi connectivity index (χ2n) is 6.67. The lowest BCUT2D eigenvalue weighted by atomic mass is 10.0. The third kappa shape index (κ3) is 2.23. The summed E-state index contributed by atoms with van der Waals surface area (Å²) in [5.41, 5.74) is 5.98. The molecule has 5 rings (SSSR count). The number of aromatic nitrogens is 2. The fraction of sp³-hybridized carbons (Fsp3) is 0.0909. The minimum absolute atomic E-state index is 0.0565. The van der Waals surface area contributed by atoms with E-state index >= 15 is 0 Å². The zero-order chi connectivity index (χ0) is 17.7. The average molecular weight is 339 g/mol. The number of benzene rings is 2. The Hall–Kier alpha value is -3.40. The van der Waals surface area contributed by atoms with Gasteiger partial charge in [0, 0.05) is 53.4 Å². The van der Waals surface area contributed by atoms with Crippen LogP contribution in [0.15, 0.2) is 73.2 Å². The molecule has 0 saturated heterocycles. The maximum absolute atomic E-state index is 13.0. The molecule has 4 nitrogen and oxygen atoms in total. The fourth-order valence-electron chi connectivity index (χ4n) is 3.66. The molecular formula is C22H17N3O. The van der Waals surface area contributed by atoms with Gasteiger partial charge >= 0.3 is 0 Å². The highest BCUT2D eigenvalue weighted by Gasteiger charge is 2.29. The first-order valence-electron chi connectivity index (χ1n) is 8.61. The molecule has 0 N–H and O–H groups in total. The normalized spacial score (nSPS) is 13.4. The first-order chi connectivity index (χ1) is 12.7. The highest BCUT2D eigenvalue weighted by molar-refractivity contribution is 6.11. The third-order valence-electron chi connectivity index (χ3n) is 5.09. The summed E-state index contributed by atoms with van der Waals surface area (Å²) in [5, 5.41) is 1.14. The van der Waals surface area contributed by atoms with Crippen LogP contribution in [0.1, 0.15) is 15.9 Å². The summed E-state index contributed by atoms with van der Waals surface area (Å²) in [6, 6.07) is 18.3. The van der Waals surface area contributed by atoms with Crippen LogP contribution in [0, 0.1) is 0 Å². The molecule has 0 unspecified atom stereocenters. The molecule has 0 radical (unpaired) electrons. The van der Waals surface area contributed by atoms with Gasteiger partial charge in [-0.05, 0) is 47.5 Å². The smallest absolute Gasteiger partial charge is 0.258 e. The van der Waals surface area contributed by atoms with Crippen molar-refractivity contribution in [2.75, 3.05) is 4.90 Å². The number of rotatable bonds is 2. The Kier molecular flexibility index (Phi) is 3.19. The molecule has 1 aliphatic heterocycles. The van der Waals surface area contributed by atoms with Gasteiger partial charge in [-0.25, -0.2) is 0 Å². The van der Waals surface area contributed by atoms with Gasteiger partial charge in [0.15, 0.2) is 0 Å². The van der Waals surface area contributed by atoms with Crippen molar-refractivity contribution < 1.29 is 4.79 Å². The van der Waals surface area contributed by atoms with Gasteiger partial charge in [-0.3, -0.25) is 9.78 Å². The van der Waals surface area contributed by atoms with Crippen LogP contribution in [-0.4, -0.2) is 15.5 Å². The van der Waals surface area contributed by atoms with E-state index in [-0.39, 0.29) is 5.91 Å². The molecule has 2 aromatic heterocycles. The standard InChI is InChI=1S/C22H17N3O/c1-24-10-8-16-11-19(6-7-21(16)24)25-14-18-5-4-15(12-20(18)22(25)26)17-3-2-9-23-13-17/h2-13H,14H2,1H3. The number of carbonyl (C=O) groups is 1. The van der Waals surface area contributed by atoms with Crippen LogP contribution < -0.4 is 4.90 Å². The molecule has 0 atom stereocenters. The van der Waals surface area contributed by atoms with Gasteiger partial charge in [-0.2, -0.15) is 0 Å². The van der Waals surface area contributed by atoms with E-state index in [1.165, 1.54) is 0 Å². The number of nitrogens with zero attached hydrogens (tertiary/aromatic N) is 3. The third-order valence-corrected chi connectivity index (χ3v) is 5.09. The monoisotopic (exact) mass is 339 g/mol. The lowest BCUT2D eigenvalue weighted by Crippen LogP contribution is -2.22. The largest absolute Gasteiger partial charge is 0.351 e. The molecule has 0 saturated carbocycles. The highest BCUT2D eigenvalue weighted by Crippen LogP contribution is 2.33. The molecular weight excluding hydrogens is 322 g/mol. The van der Waals surface area contributed by atoms with E-state index in [2.05, 4.69) is 39.9 Å². The summed E-state index contributed by atoms with van der Waals surface area (Å²) in [6.45, 7) is 0.611. The Morgan fingerprint density at radius 2 is 1.92 bits per heavy atom. The Balaban J connectivity index is 1.53. The summed E-state index contributed by atoms with van der Waals surface area (Å²) in [4.78, 5) is 19.0. The number of hydrogen-bond acceptors (Lipinski definition) is 2. The number of pyridine rings is 1. The molecule has 1 aliphatic rings. The first-order valence-corrected chi connectivity index (χ1v) is 8.61. The number of amides is 1. The molecule has 2 aromatic carbocycles. The molecule has 0 aliphatic carbocycles. The van der Waals surface area contributed by atoms with E-state index in [4.69, 9.17) is 0 Å². The predicted molar refractivity (Wildman–Crippen MR) is 103 cm³/mol. The van der Waals surface area contributed by atoms with Gasteiger partial charge < -0.3 is 9.47 Å². The van der Waals surface area contributed by atoms with Crippen LogP contribution in [0.3, 0.4) is 0 Å². The minimum atomic E-state index is 0.0565. The first kappa shape index (κ1) is 14.9. The highest BCUT2D eigenvalue weighted by atomic mass is 16.2. The van der Waals surface area contributed by atoms with Gasteiger partial charge in [0.05, 0.1) is 6.54 Å². The van der Waals surface area contributed by atoms with Crippen molar-refractivity contribution in [2.45, 2.75) is 6.54 Å². The van der Waals surface area contributed by atoms with Crippen LogP contribution in [-0.2, 0) is 13.6 Å². The van der Waals surface area contributed by atoms with Crippen LogP contribution in [0.2, 0.25) is 0 Å². The Labute approximate surface area is 151 Å². The molecule has 4 aromatic rings. The van der Waals surface area contributed by atoms with Crippen molar-refractivity contribution >= 4 is 22.5 Å². The van der Waals surface area contributed by atoms with Crippen molar-refractivity contribution in [1.82, 2.24) is 9.55 Å². The summed E-state index contributed by atoms with van der Waals surface area (Å²) >= 11 is 0. The summed E-state index contributed by atoms with van der Waals surface area (Å²) in [6.07, 6.45) is 5.61. The quantitative estimate of drug-likeness (QED) is 0.543. The minimum Gasteiger partial charge on any atom is -0.351 e. The Morgan fingerprint density at radius 1 is 1.00 bits per heavy atom. The van der Waals surface area contributed by atoms with Crippen LogP contribution in [0.5, 0.6) is 0 Å². The zero-order valence-electron chi connectivity index (χ0n) is 14.4. The van der Waals surface area contributed by atoms with Crippen molar-refractivity contribution in [3.05, 3.63) is 84.3 Å². The molecule has 4 heteroatoms. The summed E-state index contributed by atoms with van der Waals surface area (Å²) in [5.74, 6) is 0.0565. The van der Waals surface area contributed by atoms with Gasteiger partial charge in [0.1, 0.15) is 0 Å². The predicted octanol–water partition coefficient (Wildman–Crippen LogP) is 4.40. The number of anilines is 1. The van der Waals surface area contributed by atoms with Gasteiger partial charge in [-0.1, -0.05) is 18.2 Å². The number of hydrogen-bond donors (Lipinski definition) is 0. The van der Waals surface area contributed by atoms with Crippen LogP contribution in [0.25, 0.3) is 22.0 Å². The SMILES string of the molecule is Cn1ccc2cc(N3Cc4ccc(-c5cccnc5)cc4C3=O)ccc21. The zero-order valence-corrected chi connectivity index (χ0v) is 14.4. The fourth-order valence-corrected chi connectivity index (χ4v) is 3.66. The molecule has 0 spiro atoms. The second kappa shape index (κ2) is 5.56. The lowest BCUT2D eigenvalue weighted by molar-refractivity contribution is 0.0996. The summed E-state index contributed by atoms with van der Waals surface area (Å²) < 4.78 is 2.08. The number of carbonyl (C=O) groups excluding carboxylic acids is 1. The molecule has 26 heavy (non-hydrogen) atoms. The van der Waals surface area contributed by atoms with E-state index in [1.807, 2.05) is 48.6 Å². The maximum atomic E-state index is 13.0. The maximum Gasteiger partial charge on any atom is 0.258 e. The second-order valence-corrected chi connectivity index (χ2v) is 6.67. The van der Waals surface area contributed by atoms with E-state index in [0.29, 0.717) is 6.54 Å². The Morgan fingerprint density at radius 3 is 2.77 bits per heavy atom. The Bertz CT molecular complexity index is 1140. The van der Waals surface area contributed by atoms with E-state index in [9.17, 15) is 4.79 Å². The van der Waals surface area contributed by atoms with Crippen LogP contribution >= 0.6 is 0 Å². The molecule has 0 fully saturated rings. The van der Waals surface area contributed by atoms with E-state index < -0.39 is 0 Å². The average Bonchev–Trinajstić information content (AvgIpc) is 3.22.